The van der Waals surface area contributed by atoms with Gasteiger partial charge in [0.25, 0.3) is 5.91 Å². The van der Waals surface area contributed by atoms with Gasteiger partial charge in [0.15, 0.2) is 0 Å². The number of carbonyl (C=O) groups is 1. The molecule has 6 aromatic rings. The average Bonchev–Trinajstić information content (AvgIpc) is 3.01. The molecule has 6 rings (SSSR count). The van der Waals surface area contributed by atoms with E-state index in [1.807, 2.05) is 60.7 Å². The van der Waals surface area contributed by atoms with Gasteiger partial charge in [0, 0.05) is 34.8 Å². The lowest BCUT2D eigenvalue weighted by Crippen LogP contribution is -2.11. The van der Waals surface area contributed by atoms with Crippen LogP contribution in [0.5, 0.6) is 11.5 Å². The molecule has 1 amide bonds. The molecule has 0 aliphatic heterocycles. The summed E-state index contributed by atoms with van der Waals surface area (Å²) >= 11 is 0. The molecule has 0 fully saturated rings. The Hall–Kier alpha value is -5.75. The van der Waals surface area contributed by atoms with Crippen LogP contribution in [0.2, 0.25) is 0 Å². The van der Waals surface area contributed by atoms with Crippen molar-refractivity contribution in [2.45, 2.75) is 0 Å². The first kappa shape index (κ1) is 25.5. The first-order valence-corrected chi connectivity index (χ1v) is 13.1. The molecule has 6 nitrogen and oxygen atoms in total. The van der Waals surface area contributed by atoms with E-state index < -0.39 is 0 Å². The largest absolute Gasteiger partial charge is 0.507 e. The number of phenolic OH excluding ortho intramolecular Hbond substituents is 2. The number of rotatable bonds is 6. The van der Waals surface area contributed by atoms with Gasteiger partial charge in [-0.05, 0) is 82.2 Å². The van der Waals surface area contributed by atoms with Gasteiger partial charge < -0.3 is 15.5 Å². The fourth-order valence-corrected chi connectivity index (χ4v) is 4.65. The molecule has 0 saturated heterocycles. The van der Waals surface area contributed by atoms with Gasteiger partial charge >= 0.3 is 0 Å². The van der Waals surface area contributed by atoms with Crippen molar-refractivity contribution in [3.05, 3.63) is 138 Å². The summed E-state index contributed by atoms with van der Waals surface area (Å²) < 4.78 is 0. The summed E-state index contributed by atoms with van der Waals surface area (Å²) in [5.41, 5.74) is 3.78. The SMILES string of the molecule is O=C(Nc1ccc(N=Cc2c(O)ccc3ccccc23)cc1)c1ccc(N=Cc2c(O)ccc3ccccc23)cc1. The highest BCUT2D eigenvalue weighted by Crippen LogP contribution is 2.28. The second-order valence-electron chi connectivity index (χ2n) is 9.50. The lowest BCUT2D eigenvalue weighted by molar-refractivity contribution is 0.102. The molecular weight excluding hydrogens is 510 g/mol. The Balaban J connectivity index is 1.12. The number of anilines is 1. The topological polar surface area (TPSA) is 94.3 Å². The second-order valence-corrected chi connectivity index (χ2v) is 9.50. The van der Waals surface area contributed by atoms with Gasteiger partial charge in [-0.15, -0.1) is 0 Å². The minimum atomic E-state index is -0.246. The lowest BCUT2D eigenvalue weighted by Gasteiger charge is -2.07. The number of phenols is 2. The van der Waals surface area contributed by atoms with Gasteiger partial charge in [-0.1, -0.05) is 60.7 Å². The fraction of sp³-hybridized carbons (Fsp3) is 0. The zero-order chi connectivity index (χ0) is 28.2. The Morgan fingerprint density at radius 2 is 1.02 bits per heavy atom. The quantitative estimate of drug-likeness (QED) is 0.188. The van der Waals surface area contributed by atoms with Crippen molar-refractivity contribution >= 4 is 56.9 Å². The third-order valence-corrected chi connectivity index (χ3v) is 6.84. The van der Waals surface area contributed by atoms with Gasteiger partial charge in [-0.25, -0.2) is 0 Å². The molecule has 0 bridgehead atoms. The van der Waals surface area contributed by atoms with Crippen LogP contribution < -0.4 is 5.32 Å². The summed E-state index contributed by atoms with van der Waals surface area (Å²) in [5, 5.41) is 27.4. The summed E-state index contributed by atoms with van der Waals surface area (Å²) in [6, 6.07) is 36.8. The van der Waals surface area contributed by atoms with Crippen LogP contribution in [0.25, 0.3) is 21.5 Å². The van der Waals surface area contributed by atoms with Crippen LogP contribution in [0.15, 0.2) is 131 Å². The fourth-order valence-electron chi connectivity index (χ4n) is 4.65. The Morgan fingerprint density at radius 1 is 0.561 bits per heavy atom. The standard InChI is InChI=1S/C35H25N3O3/c39-33-19-11-23-5-1-3-7-29(23)31(33)21-36-26-13-9-25(10-14-26)35(41)38-28-17-15-27(16-18-28)37-22-32-30-8-4-2-6-24(30)12-20-34(32)40/h1-22,39-40H,(H,38,41). The molecule has 3 N–H and O–H groups in total. The second kappa shape index (κ2) is 11.2. The van der Waals surface area contributed by atoms with Crippen molar-refractivity contribution in [1.29, 1.82) is 0 Å². The van der Waals surface area contributed by atoms with E-state index in [0.717, 1.165) is 21.5 Å². The first-order valence-electron chi connectivity index (χ1n) is 13.1. The highest BCUT2D eigenvalue weighted by Gasteiger charge is 2.08. The number of hydrogen-bond acceptors (Lipinski definition) is 5. The van der Waals surface area contributed by atoms with E-state index in [4.69, 9.17) is 0 Å². The first-order chi connectivity index (χ1) is 20.0. The zero-order valence-corrected chi connectivity index (χ0v) is 21.9. The molecule has 0 saturated carbocycles. The van der Waals surface area contributed by atoms with Crippen LogP contribution in [0.4, 0.5) is 17.1 Å². The lowest BCUT2D eigenvalue weighted by atomic mass is 10.0. The van der Waals surface area contributed by atoms with Crippen molar-refractivity contribution in [3.63, 3.8) is 0 Å². The predicted octanol–water partition coefficient (Wildman–Crippen LogP) is 8.16. The van der Waals surface area contributed by atoms with Crippen molar-refractivity contribution in [2.75, 3.05) is 5.32 Å². The van der Waals surface area contributed by atoms with Crippen molar-refractivity contribution in [1.82, 2.24) is 0 Å². The Labute approximate surface area is 236 Å². The molecule has 0 atom stereocenters. The normalized spacial score (nSPS) is 11.5. The van der Waals surface area contributed by atoms with E-state index in [1.165, 1.54) is 0 Å². The van der Waals surface area contributed by atoms with Crippen molar-refractivity contribution < 1.29 is 15.0 Å². The number of aliphatic imine (C=N–C) groups is 2. The molecule has 0 spiro atoms. The molecule has 0 unspecified atom stereocenters. The van der Waals surface area contributed by atoms with Crippen molar-refractivity contribution in [3.8, 4) is 11.5 Å². The molecule has 0 aliphatic carbocycles. The van der Waals surface area contributed by atoms with Gasteiger partial charge in [0.05, 0.1) is 11.4 Å². The molecule has 198 valence electrons. The average molecular weight is 536 g/mol. The number of amides is 1. The molecular formula is C35H25N3O3. The van der Waals surface area contributed by atoms with Crippen LogP contribution in [0.3, 0.4) is 0 Å². The molecule has 0 heterocycles. The smallest absolute Gasteiger partial charge is 0.255 e. The Kier molecular flexibility index (Phi) is 6.95. The number of benzene rings is 6. The summed E-state index contributed by atoms with van der Waals surface area (Å²) in [4.78, 5) is 21.8. The number of nitrogens with zero attached hydrogens (tertiary/aromatic N) is 2. The van der Waals surface area contributed by atoms with Gasteiger partial charge in [0.2, 0.25) is 0 Å². The maximum absolute atomic E-state index is 12.8. The Morgan fingerprint density at radius 3 is 1.54 bits per heavy atom. The third kappa shape index (κ3) is 5.53. The number of hydrogen-bond donors (Lipinski definition) is 3. The minimum absolute atomic E-state index is 0.159. The zero-order valence-electron chi connectivity index (χ0n) is 21.9. The highest BCUT2D eigenvalue weighted by atomic mass is 16.3. The van der Waals surface area contributed by atoms with Crippen LogP contribution in [0.1, 0.15) is 21.5 Å². The maximum Gasteiger partial charge on any atom is 0.255 e. The van der Waals surface area contributed by atoms with Gasteiger partial charge in [0.1, 0.15) is 11.5 Å². The molecule has 6 aromatic carbocycles. The number of fused-ring (bicyclic) bond motifs is 2. The number of carbonyl (C=O) groups excluding carboxylic acids is 1. The van der Waals surface area contributed by atoms with Crippen LogP contribution in [-0.4, -0.2) is 28.5 Å². The van der Waals surface area contributed by atoms with E-state index in [0.29, 0.717) is 33.8 Å². The van der Waals surface area contributed by atoms with E-state index >= 15 is 0 Å². The molecule has 0 radical (unpaired) electrons. The van der Waals surface area contributed by atoms with E-state index in [2.05, 4.69) is 15.3 Å². The highest BCUT2D eigenvalue weighted by molar-refractivity contribution is 6.05. The Bertz CT molecular complexity index is 1940. The maximum atomic E-state index is 12.8. The van der Waals surface area contributed by atoms with Gasteiger partial charge in [-0.3, -0.25) is 14.8 Å². The minimum Gasteiger partial charge on any atom is -0.507 e. The number of nitrogens with one attached hydrogen (secondary N) is 1. The third-order valence-electron chi connectivity index (χ3n) is 6.84. The summed E-state index contributed by atoms with van der Waals surface area (Å²) in [6.45, 7) is 0. The molecule has 6 heteroatoms. The molecule has 0 aliphatic rings. The summed E-state index contributed by atoms with van der Waals surface area (Å²) in [7, 11) is 0. The van der Waals surface area contributed by atoms with E-state index in [1.54, 1.807) is 73.1 Å². The number of aromatic hydroxyl groups is 2. The monoisotopic (exact) mass is 535 g/mol. The predicted molar refractivity (Wildman–Crippen MR) is 167 cm³/mol. The van der Waals surface area contributed by atoms with E-state index in [-0.39, 0.29) is 17.4 Å². The summed E-state index contributed by atoms with van der Waals surface area (Å²) in [6.07, 6.45) is 3.29. The van der Waals surface area contributed by atoms with E-state index in [9.17, 15) is 15.0 Å². The summed E-state index contributed by atoms with van der Waals surface area (Å²) in [5.74, 6) is 0.0794. The molecule has 0 aromatic heterocycles. The van der Waals surface area contributed by atoms with Gasteiger partial charge in [-0.2, -0.15) is 0 Å². The van der Waals surface area contributed by atoms with Crippen LogP contribution in [0, 0.1) is 0 Å². The molecule has 41 heavy (non-hydrogen) atoms. The van der Waals surface area contributed by atoms with Crippen LogP contribution in [-0.2, 0) is 0 Å². The van der Waals surface area contributed by atoms with Crippen molar-refractivity contribution in [2.24, 2.45) is 9.98 Å². The van der Waals surface area contributed by atoms with Crippen LogP contribution >= 0.6 is 0 Å².